The van der Waals surface area contributed by atoms with Crippen LogP contribution in [-0.2, 0) is 22.6 Å². The first-order valence-corrected chi connectivity index (χ1v) is 15.5. The molecule has 14 heteroatoms. The second-order valence-corrected chi connectivity index (χ2v) is 10.9. The van der Waals surface area contributed by atoms with Gasteiger partial charge in [-0.15, -0.1) is 0 Å². The third-order valence-corrected chi connectivity index (χ3v) is 7.54. The Hall–Kier alpha value is -5.14. The number of hydrogen-bond acceptors (Lipinski definition) is 8. The Morgan fingerprint density at radius 1 is 0.804 bits per heavy atom. The minimum Gasteiger partial charge on any atom is -0.450 e. The van der Waals surface area contributed by atoms with Crippen molar-refractivity contribution in [2.75, 3.05) is 26.2 Å². The van der Waals surface area contributed by atoms with Gasteiger partial charge in [0.2, 0.25) is 0 Å². The molecule has 2 heterocycles. The molecule has 0 aliphatic heterocycles. The molecular weight excluding hydrogens is 596 g/mol. The summed E-state index contributed by atoms with van der Waals surface area (Å²) < 4.78 is 12.8. The Morgan fingerprint density at radius 3 is 1.93 bits per heavy atom. The maximum Gasteiger partial charge on any atom is 0.409 e. The maximum atomic E-state index is 12.8. The van der Waals surface area contributed by atoms with Crippen molar-refractivity contribution in [3.05, 3.63) is 90.2 Å². The molecule has 0 aliphatic rings. The lowest BCUT2D eigenvalue weighted by Crippen LogP contribution is -2.38. The van der Waals surface area contributed by atoms with Gasteiger partial charge in [0.05, 0.1) is 28.4 Å². The number of aromatic nitrogens is 4. The first-order chi connectivity index (χ1) is 22.2. The lowest BCUT2D eigenvalue weighted by Gasteiger charge is -2.22. The maximum absolute atomic E-state index is 12.8. The van der Waals surface area contributed by atoms with Gasteiger partial charge in [-0.3, -0.25) is 18.7 Å². The van der Waals surface area contributed by atoms with Gasteiger partial charge in [0, 0.05) is 32.7 Å². The van der Waals surface area contributed by atoms with Crippen molar-refractivity contribution in [1.29, 1.82) is 0 Å². The van der Waals surface area contributed by atoms with E-state index in [9.17, 15) is 28.8 Å². The van der Waals surface area contributed by atoms with Gasteiger partial charge in [-0.2, -0.15) is 0 Å². The van der Waals surface area contributed by atoms with Crippen LogP contribution in [0.3, 0.4) is 0 Å². The normalized spacial score (nSPS) is 11.8. The predicted molar refractivity (Wildman–Crippen MR) is 173 cm³/mol. The molecule has 3 N–H and O–H groups in total. The highest BCUT2D eigenvalue weighted by Crippen LogP contribution is 2.07. The largest absolute Gasteiger partial charge is 0.450 e. The fourth-order valence-electron chi connectivity index (χ4n) is 5.17. The number of para-hydroxylation sites is 2. The van der Waals surface area contributed by atoms with E-state index in [1.54, 1.807) is 62.4 Å². The summed E-state index contributed by atoms with van der Waals surface area (Å²) in [5.74, 6) is 0. The van der Waals surface area contributed by atoms with Crippen LogP contribution in [-0.4, -0.2) is 68.5 Å². The summed E-state index contributed by atoms with van der Waals surface area (Å²) in [6.45, 7) is 4.96. The fourth-order valence-corrected chi connectivity index (χ4v) is 5.17. The monoisotopic (exact) mass is 636 g/mol. The second kappa shape index (κ2) is 16.3. The van der Waals surface area contributed by atoms with Crippen molar-refractivity contribution in [2.45, 2.75) is 65.1 Å². The summed E-state index contributed by atoms with van der Waals surface area (Å²) in [5, 5.41) is 3.55. The summed E-state index contributed by atoms with van der Waals surface area (Å²) in [4.78, 5) is 81.9. The van der Waals surface area contributed by atoms with Crippen molar-refractivity contribution in [1.82, 2.24) is 29.3 Å². The van der Waals surface area contributed by atoms with Crippen LogP contribution in [0.2, 0.25) is 0 Å². The minimum atomic E-state index is -0.582. The first kappa shape index (κ1) is 33.7. The highest BCUT2D eigenvalue weighted by atomic mass is 16.6. The number of nitrogens with zero attached hydrogens (tertiary/aromatic N) is 3. The molecule has 1 atom stereocenters. The topological polar surface area (TPSA) is 178 Å². The smallest absolute Gasteiger partial charge is 0.409 e. The van der Waals surface area contributed by atoms with E-state index in [-0.39, 0.29) is 37.4 Å². The number of amides is 2. The fraction of sp³-hybridized carbons (Fsp3) is 0.438. The summed E-state index contributed by atoms with van der Waals surface area (Å²) in [5.41, 5.74) is -0.764. The Kier molecular flexibility index (Phi) is 11.9. The standard InChI is InChI=1S/C32H40N6O8/c1-3-45-32(44)36(19-11-21-38-28(40)24-14-5-7-16-26(24)35-30(38)42)18-9-8-17-33-31(43)46-22(2)12-10-20-37-27(39)23-13-4-6-15-25(23)34-29(37)41/h4-7,13-16,22H,3,8-12,17-21H2,1-2H3,(H,33,43)(H,34,41)(H,35,42). The molecule has 46 heavy (non-hydrogen) atoms. The number of benzene rings is 2. The quantitative estimate of drug-likeness (QED) is 0.167. The molecular formula is C32H40N6O8. The zero-order valence-electron chi connectivity index (χ0n) is 26.1. The number of carbonyl (C=O) groups excluding carboxylic acids is 2. The van der Waals surface area contributed by atoms with Crippen molar-refractivity contribution in [3.63, 3.8) is 0 Å². The first-order valence-electron chi connectivity index (χ1n) is 15.5. The van der Waals surface area contributed by atoms with Crippen molar-refractivity contribution in [2.24, 2.45) is 0 Å². The van der Waals surface area contributed by atoms with Gasteiger partial charge in [0.15, 0.2) is 0 Å². The molecule has 0 saturated carbocycles. The van der Waals surface area contributed by atoms with Crippen LogP contribution in [0.1, 0.15) is 46.0 Å². The van der Waals surface area contributed by atoms with Crippen molar-refractivity contribution >= 4 is 34.0 Å². The van der Waals surface area contributed by atoms with E-state index in [4.69, 9.17) is 9.47 Å². The molecule has 246 valence electrons. The number of carbonyl (C=O) groups is 2. The number of hydrogen-bond donors (Lipinski definition) is 3. The zero-order valence-corrected chi connectivity index (χ0v) is 26.1. The number of rotatable bonds is 15. The number of fused-ring (bicyclic) bond motifs is 2. The van der Waals surface area contributed by atoms with E-state index in [1.165, 1.54) is 4.90 Å². The van der Waals surface area contributed by atoms with Gasteiger partial charge in [0.1, 0.15) is 6.10 Å². The molecule has 0 fully saturated rings. The molecule has 0 bridgehead atoms. The zero-order chi connectivity index (χ0) is 33.1. The van der Waals surface area contributed by atoms with Crippen molar-refractivity contribution in [3.8, 4) is 0 Å². The number of alkyl carbamates (subject to hydrolysis) is 1. The van der Waals surface area contributed by atoms with E-state index < -0.39 is 29.7 Å². The minimum absolute atomic E-state index is 0.135. The highest BCUT2D eigenvalue weighted by molar-refractivity contribution is 5.77. The Balaban J connectivity index is 1.17. The average Bonchev–Trinajstić information content (AvgIpc) is 3.03. The van der Waals surface area contributed by atoms with Gasteiger partial charge in [-0.25, -0.2) is 19.2 Å². The number of nitrogens with one attached hydrogen (secondary N) is 3. The number of H-pyrrole nitrogens is 2. The van der Waals surface area contributed by atoms with E-state index in [2.05, 4.69) is 15.3 Å². The van der Waals surface area contributed by atoms with Crippen LogP contribution in [0.4, 0.5) is 9.59 Å². The molecule has 0 aliphatic carbocycles. The van der Waals surface area contributed by atoms with Gasteiger partial charge in [-0.05, 0) is 70.2 Å². The van der Waals surface area contributed by atoms with Crippen LogP contribution in [0.5, 0.6) is 0 Å². The van der Waals surface area contributed by atoms with Gasteiger partial charge < -0.3 is 29.7 Å². The van der Waals surface area contributed by atoms with E-state index in [1.807, 2.05) is 0 Å². The Bertz CT molecular complexity index is 1890. The van der Waals surface area contributed by atoms with Crippen LogP contribution >= 0.6 is 0 Å². The van der Waals surface area contributed by atoms with Crippen LogP contribution in [0.15, 0.2) is 67.7 Å². The van der Waals surface area contributed by atoms with Gasteiger partial charge in [0.25, 0.3) is 11.1 Å². The van der Waals surface area contributed by atoms with E-state index >= 15 is 0 Å². The lowest BCUT2D eigenvalue weighted by atomic mass is 10.2. The molecule has 2 aromatic carbocycles. The Morgan fingerprint density at radius 2 is 1.35 bits per heavy atom. The molecule has 0 radical (unpaired) electrons. The molecule has 4 rings (SSSR count). The summed E-state index contributed by atoms with van der Waals surface area (Å²) in [6.07, 6.45) is 0.917. The number of ether oxygens (including phenoxy) is 2. The third-order valence-electron chi connectivity index (χ3n) is 7.54. The van der Waals surface area contributed by atoms with Gasteiger partial charge in [-0.1, -0.05) is 24.3 Å². The summed E-state index contributed by atoms with van der Waals surface area (Å²) in [6, 6.07) is 13.6. The average molecular weight is 637 g/mol. The highest BCUT2D eigenvalue weighted by Gasteiger charge is 2.16. The number of unbranched alkanes of at least 4 members (excludes halogenated alkanes) is 1. The second-order valence-electron chi connectivity index (χ2n) is 10.9. The Labute approximate surface area is 263 Å². The van der Waals surface area contributed by atoms with Crippen molar-refractivity contribution < 1.29 is 19.1 Å². The molecule has 0 spiro atoms. The molecule has 2 amide bonds. The number of aromatic amines is 2. The summed E-state index contributed by atoms with van der Waals surface area (Å²) in [7, 11) is 0. The third kappa shape index (κ3) is 8.73. The SMILES string of the molecule is CCOC(=O)N(CCCCNC(=O)OC(C)CCCn1c(=O)[nH]c2ccccc2c1=O)CCCn1c(=O)[nH]c2ccccc2c1=O. The van der Waals surface area contributed by atoms with Crippen LogP contribution in [0.25, 0.3) is 21.8 Å². The van der Waals surface area contributed by atoms with Crippen LogP contribution in [0, 0.1) is 0 Å². The van der Waals surface area contributed by atoms with Crippen LogP contribution < -0.4 is 27.8 Å². The van der Waals surface area contributed by atoms with Gasteiger partial charge >= 0.3 is 23.6 Å². The molecule has 14 nitrogen and oxygen atoms in total. The van der Waals surface area contributed by atoms with E-state index in [0.29, 0.717) is 67.0 Å². The molecule has 2 aromatic heterocycles. The molecule has 0 saturated heterocycles. The predicted octanol–water partition coefficient (Wildman–Crippen LogP) is 2.92. The van der Waals surface area contributed by atoms with E-state index in [0.717, 1.165) is 9.13 Å². The lowest BCUT2D eigenvalue weighted by molar-refractivity contribution is 0.0987. The summed E-state index contributed by atoms with van der Waals surface area (Å²) >= 11 is 0. The molecule has 1 unspecified atom stereocenters. The molecule has 4 aromatic rings.